The molecule has 0 atom stereocenters. The summed E-state index contributed by atoms with van der Waals surface area (Å²) in [5.41, 5.74) is 0.189. The smallest absolute Gasteiger partial charge is 0.262 e. The highest BCUT2D eigenvalue weighted by Gasteiger charge is 2.20. The number of benzene rings is 2. The van der Waals surface area contributed by atoms with Crippen LogP contribution in [0.5, 0.6) is 17.2 Å². The zero-order valence-electron chi connectivity index (χ0n) is 13.8. The number of anilines is 1. The van der Waals surface area contributed by atoms with E-state index < -0.39 is 10.0 Å². The maximum atomic E-state index is 12.6. The number of ether oxygens (including phenoxy) is 3. The second-order valence-electron chi connectivity index (χ2n) is 4.82. The fourth-order valence-corrected chi connectivity index (χ4v) is 3.68. The first-order valence-corrected chi connectivity index (χ1v) is 9.43. The van der Waals surface area contributed by atoms with E-state index in [2.05, 4.69) is 4.72 Å². The second kappa shape index (κ2) is 8.03. The molecule has 0 spiro atoms. The molecule has 0 aliphatic heterocycles. The van der Waals surface area contributed by atoms with Crippen LogP contribution in [-0.2, 0) is 10.0 Å². The van der Waals surface area contributed by atoms with Crippen LogP contribution in [0.3, 0.4) is 0 Å². The number of halogens is 2. The average Bonchev–Trinajstić information content (AvgIpc) is 2.57. The molecule has 0 amide bonds. The number of methoxy groups -OCH3 is 2. The van der Waals surface area contributed by atoms with Gasteiger partial charge in [-0.3, -0.25) is 4.72 Å². The van der Waals surface area contributed by atoms with Crippen molar-refractivity contribution in [2.75, 3.05) is 25.5 Å². The summed E-state index contributed by atoms with van der Waals surface area (Å²) >= 11 is 12.1. The second-order valence-corrected chi connectivity index (χ2v) is 7.31. The maximum absolute atomic E-state index is 12.6. The summed E-state index contributed by atoms with van der Waals surface area (Å²) in [5.74, 6) is 0.977. The Morgan fingerprint density at radius 2 is 1.60 bits per heavy atom. The lowest BCUT2D eigenvalue weighted by Crippen LogP contribution is -2.14. The molecule has 0 aliphatic rings. The van der Waals surface area contributed by atoms with Crippen molar-refractivity contribution < 1.29 is 22.6 Å². The van der Waals surface area contributed by atoms with Crippen LogP contribution >= 0.6 is 23.2 Å². The van der Waals surface area contributed by atoms with E-state index in [-0.39, 0.29) is 21.4 Å². The van der Waals surface area contributed by atoms with Gasteiger partial charge in [0.1, 0.15) is 17.2 Å². The summed E-state index contributed by atoms with van der Waals surface area (Å²) in [6.45, 7) is 2.23. The van der Waals surface area contributed by atoms with Crippen LogP contribution in [0, 0.1) is 0 Å². The van der Waals surface area contributed by atoms with Gasteiger partial charge in [-0.1, -0.05) is 23.2 Å². The third kappa shape index (κ3) is 4.42. The largest absolute Gasteiger partial charge is 0.495 e. The Labute approximate surface area is 156 Å². The topological polar surface area (TPSA) is 73.9 Å². The van der Waals surface area contributed by atoms with Crippen LogP contribution in [0.2, 0.25) is 10.0 Å². The van der Waals surface area contributed by atoms with E-state index in [0.717, 1.165) is 0 Å². The Balaban J connectivity index is 2.40. The van der Waals surface area contributed by atoms with Crippen LogP contribution in [0.4, 0.5) is 5.69 Å². The predicted octanol–water partition coefficient (Wildman–Crippen LogP) is 4.21. The van der Waals surface area contributed by atoms with Crippen molar-refractivity contribution in [3.8, 4) is 17.2 Å². The van der Waals surface area contributed by atoms with Gasteiger partial charge in [0.05, 0.1) is 41.5 Å². The van der Waals surface area contributed by atoms with E-state index >= 15 is 0 Å². The summed E-state index contributed by atoms with van der Waals surface area (Å²) in [5, 5.41) is 0.497. The molecular weight excluding hydrogens is 389 g/mol. The lowest BCUT2D eigenvalue weighted by Gasteiger charge is -2.15. The summed E-state index contributed by atoms with van der Waals surface area (Å²) < 4.78 is 43.3. The first kappa shape index (κ1) is 19.5. The van der Waals surface area contributed by atoms with Crippen molar-refractivity contribution in [2.45, 2.75) is 11.8 Å². The molecule has 2 aromatic rings. The number of hydrogen-bond acceptors (Lipinski definition) is 5. The van der Waals surface area contributed by atoms with Crippen molar-refractivity contribution in [1.29, 1.82) is 0 Å². The normalized spacial score (nSPS) is 11.1. The molecule has 136 valence electrons. The van der Waals surface area contributed by atoms with Gasteiger partial charge in [0.15, 0.2) is 0 Å². The molecule has 9 heteroatoms. The Bertz CT molecular complexity index is 871. The third-order valence-electron chi connectivity index (χ3n) is 3.23. The monoisotopic (exact) mass is 405 g/mol. The molecule has 0 saturated carbocycles. The highest BCUT2D eigenvalue weighted by atomic mass is 35.5. The van der Waals surface area contributed by atoms with Gasteiger partial charge in [-0.05, 0) is 25.1 Å². The molecule has 1 N–H and O–H groups in total. The molecule has 6 nitrogen and oxygen atoms in total. The van der Waals surface area contributed by atoms with Gasteiger partial charge < -0.3 is 14.2 Å². The molecule has 0 saturated heterocycles. The van der Waals surface area contributed by atoms with Crippen molar-refractivity contribution in [3.63, 3.8) is 0 Å². The van der Waals surface area contributed by atoms with Crippen molar-refractivity contribution >= 4 is 38.9 Å². The quantitative estimate of drug-likeness (QED) is 0.746. The van der Waals surface area contributed by atoms with Crippen molar-refractivity contribution in [2.24, 2.45) is 0 Å². The van der Waals surface area contributed by atoms with E-state index in [9.17, 15) is 8.42 Å². The Morgan fingerprint density at radius 3 is 2.16 bits per heavy atom. The third-order valence-corrected chi connectivity index (χ3v) is 5.19. The lowest BCUT2D eigenvalue weighted by atomic mass is 10.3. The maximum Gasteiger partial charge on any atom is 0.262 e. The molecule has 0 unspecified atom stereocenters. The molecule has 25 heavy (non-hydrogen) atoms. The highest BCUT2D eigenvalue weighted by molar-refractivity contribution is 7.92. The minimum absolute atomic E-state index is 0.0167. The van der Waals surface area contributed by atoms with E-state index in [1.54, 1.807) is 0 Å². The number of nitrogens with one attached hydrogen (secondary N) is 1. The van der Waals surface area contributed by atoms with E-state index in [4.69, 9.17) is 37.4 Å². The highest BCUT2D eigenvalue weighted by Crippen LogP contribution is 2.37. The van der Waals surface area contributed by atoms with Gasteiger partial charge in [0.25, 0.3) is 10.0 Å². The minimum Gasteiger partial charge on any atom is -0.495 e. The van der Waals surface area contributed by atoms with Gasteiger partial charge in [-0.25, -0.2) is 8.42 Å². The van der Waals surface area contributed by atoms with Crippen LogP contribution in [0.25, 0.3) is 0 Å². The first-order chi connectivity index (χ1) is 11.8. The van der Waals surface area contributed by atoms with Gasteiger partial charge >= 0.3 is 0 Å². The van der Waals surface area contributed by atoms with Gasteiger partial charge in [-0.2, -0.15) is 0 Å². The van der Waals surface area contributed by atoms with Gasteiger partial charge in [0, 0.05) is 12.1 Å². The predicted molar refractivity (Wildman–Crippen MR) is 98.0 cm³/mol. The zero-order valence-corrected chi connectivity index (χ0v) is 16.1. The summed E-state index contributed by atoms with van der Waals surface area (Å²) in [7, 11) is -1.07. The zero-order chi connectivity index (χ0) is 18.6. The standard InChI is InChI=1S/C16H17Cl2NO5S/c1-4-24-14-6-5-10(7-11(14)17)25(20,21)19-13-9-15(22-2)12(18)8-16(13)23-3/h5-9,19H,4H2,1-3H3. The molecular formula is C16H17Cl2NO5S. The van der Waals surface area contributed by atoms with E-state index in [0.29, 0.717) is 23.1 Å². The van der Waals surface area contributed by atoms with Crippen LogP contribution in [-0.4, -0.2) is 29.2 Å². The summed E-state index contributed by atoms with van der Waals surface area (Å²) in [6, 6.07) is 7.12. The lowest BCUT2D eigenvalue weighted by molar-refractivity contribution is 0.340. The first-order valence-electron chi connectivity index (χ1n) is 7.19. The van der Waals surface area contributed by atoms with E-state index in [1.165, 1.54) is 44.6 Å². The van der Waals surface area contributed by atoms with E-state index in [1.807, 2.05) is 6.92 Å². The Kier molecular flexibility index (Phi) is 6.26. The molecule has 0 aromatic heterocycles. The SMILES string of the molecule is CCOc1ccc(S(=O)(=O)Nc2cc(OC)c(Cl)cc2OC)cc1Cl. The fourth-order valence-electron chi connectivity index (χ4n) is 2.07. The average molecular weight is 406 g/mol. The number of rotatable bonds is 7. The van der Waals surface area contributed by atoms with Crippen molar-refractivity contribution in [1.82, 2.24) is 0 Å². The molecule has 0 radical (unpaired) electrons. The number of sulfonamides is 1. The Hall–Kier alpha value is -1.83. The molecule has 2 aromatic carbocycles. The summed E-state index contributed by atoms with van der Waals surface area (Å²) in [6.07, 6.45) is 0. The van der Waals surface area contributed by atoms with Gasteiger partial charge in [0.2, 0.25) is 0 Å². The molecule has 0 heterocycles. The Morgan fingerprint density at radius 1 is 0.960 bits per heavy atom. The van der Waals surface area contributed by atoms with Crippen LogP contribution < -0.4 is 18.9 Å². The van der Waals surface area contributed by atoms with Gasteiger partial charge in [-0.15, -0.1) is 0 Å². The molecule has 0 fully saturated rings. The fraction of sp³-hybridized carbons (Fsp3) is 0.250. The molecule has 0 aliphatic carbocycles. The summed E-state index contributed by atoms with van der Waals surface area (Å²) in [4.78, 5) is -0.0167. The minimum atomic E-state index is -3.91. The number of hydrogen-bond donors (Lipinski definition) is 1. The van der Waals surface area contributed by atoms with Crippen LogP contribution in [0.15, 0.2) is 35.2 Å². The molecule has 2 rings (SSSR count). The molecule has 0 bridgehead atoms. The van der Waals surface area contributed by atoms with Crippen molar-refractivity contribution in [3.05, 3.63) is 40.4 Å². The van der Waals surface area contributed by atoms with Crippen LogP contribution in [0.1, 0.15) is 6.92 Å².